The van der Waals surface area contributed by atoms with Crippen LogP contribution in [0.25, 0.3) is 0 Å². The zero-order valence-corrected chi connectivity index (χ0v) is 18.3. The van der Waals surface area contributed by atoms with Gasteiger partial charge >= 0.3 is 0 Å². The lowest BCUT2D eigenvalue weighted by Crippen LogP contribution is -2.50. The molecule has 2 aliphatic rings. The highest BCUT2D eigenvalue weighted by Crippen LogP contribution is 2.23. The van der Waals surface area contributed by atoms with Crippen LogP contribution in [0.3, 0.4) is 0 Å². The molecule has 1 amide bonds. The molecule has 0 bridgehead atoms. The lowest BCUT2D eigenvalue weighted by molar-refractivity contribution is 0.0666. The van der Waals surface area contributed by atoms with Gasteiger partial charge in [0.05, 0.1) is 29.3 Å². The number of ether oxygens (including phenoxy) is 1. The number of hydrogen-bond donors (Lipinski definition) is 0. The molecule has 0 atom stereocenters. The van der Waals surface area contributed by atoms with Crippen LogP contribution in [0.15, 0.2) is 56.9 Å². The van der Waals surface area contributed by atoms with Crippen molar-refractivity contribution in [3.63, 3.8) is 0 Å². The van der Waals surface area contributed by atoms with E-state index in [0.29, 0.717) is 13.2 Å². The van der Waals surface area contributed by atoms with Crippen LogP contribution in [0.5, 0.6) is 0 Å². The first-order chi connectivity index (χ1) is 14.8. The molecule has 0 radical (unpaired) electrons. The molecule has 1 aromatic carbocycles. The second-order valence-corrected chi connectivity index (χ2v) is 11.0. The number of carbonyl (C=O) groups is 1. The molecule has 2 aromatic rings. The number of nitrogens with zero attached hydrogens (tertiary/aromatic N) is 3. The summed E-state index contributed by atoms with van der Waals surface area (Å²) in [5, 5.41) is 0. The van der Waals surface area contributed by atoms with Crippen molar-refractivity contribution in [2.45, 2.75) is 9.79 Å². The average molecular weight is 470 g/mol. The Morgan fingerprint density at radius 2 is 1.26 bits per heavy atom. The van der Waals surface area contributed by atoms with Crippen molar-refractivity contribution < 1.29 is 30.8 Å². The number of rotatable bonds is 5. The maximum Gasteiger partial charge on any atom is 0.289 e. The number of benzene rings is 1. The highest BCUT2D eigenvalue weighted by Gasteiger charge is 2.32. The first-order valence-corrected chi connectivity index (χ1v) is 12.7. The number of morpholine rings is 1. The molecule has 0 saturated carbocycles. The third kappa shape index (κ3) is 4.39. The Kier molecular flexibility index (Phi) is 6.17. The van der Waals surface area contributed by atoms with Crippen molar-refractivity contribution in [1.82, 2.24) is 13.5 Å². The molecular weight excluding hydrogens is 446 g/mol. The van der Waals surface area contributed by atoms with E-state index >= 15 is 0 Å². The Hall–Kier alpha value is -2.25. The van der Waals surface area contributed by atoms with Gasteiger partial charge in [0, 0.05) is 39.3 Å². The third-order valence-corrected chi connectivity index (χ3v) is 9.15. The summed E-state index contributed by atoms with van der Waals surface area (Å²) in [4.78, 5) is 13.9. The number of hydrogen-bond acceptors (Lipinski definition) is 7. The van der Waals surface area contributed by atoms with Gasteiger partial charge in [-0.3, -0.25) is 4.79 Å². The van der Waals surface area contributed by atoms with Crippen LogP contribution in [0, 0.1) is 0 Å². The zero-order chi connectivity index (χ0) is 22.1. The van der Waals surface area contributed by atoms with Gasteiger partial charge in [0.1, 0.15) is 0 Å². The molecule has 2 aliphatic heterocycles. The summed E-state index contributed by atoms with van der Waals surface area (Å²) in [6.45, 7) is 1.96. The quantitative estimate of drug-likeness (QED) is 0.624. The molecular formula is C19H23N3O7S2. The van der Waals surface area contributed by atoms with Gasteiger partial charge in [0.25, 0.3) is 5.91 Å². The van der Waals surface area contributed by atoms with E-state index in [-0.39, 0.29) is 60.7 Å². The van der Waals surface area contributed by atoms with Gasteiger partial charge in [0.2, 0.25) is 20.0 Å². The van der Waals surface area contributed by atoms with Crippen molar-refractivity contribution in [2.24, 2.45) is 0 Å². The van der Waals surface area contributed by atoms with Crippen LogP contribution in [-0.4, -0.2) is 88.7 Å². The lowest BCUT2D eigenvalue weighted by Gasteiger charge is -2.33. The zero-order valence-electron chi connectivity index (χ0n) is 16.7. The number of piperazine rings is 1. The third-order valence-electron chi connectivity index (χ3n) is 5.33. The maximum absolute atomic E-state index is 13.0. The summed E-state index contributed by atoms with van der Waals surface area (Å²) in [5.74, 6) is -0.0620. The SMILES string of the molecule is O=C(c1ccco1)N1CCN(S(=O)(=O)c2ccc(S(=O)(=O)N3CCOCC3)cc2)CC1. The molecule has 1 aromatic heterocycles. The predicted octanol–water partition coefficient (Wildman–Crippen LogP) is 0.447. The van der Waals surface area contributed by atoms with Gasteiger partial charge < -0.3 is 14.1 Å². The topological polar surface area (TPSA) is 117 Å². The Balaban J connectivity index is 1.44. The smallest absolute Gasteiger partial charge is 0.289 e. The van der Waals surface area contributed by atoms with Gasteiger partial charge in [-0.05, 0) is 36.4 Å². The summed E-state index contributed by atoms with van der Waals surface area (Å²) in [6.07, 6.45) is 1.41. The predicted molar refractivity (Wildman–Crippen MR) is 109 cm³/mol. The fraction of sp³-hybridized carbons (Fsp3) is 0.421. The fourth-order valence-electron chi connectivity index (χ4n) is 3.56. The van der Waals surface area contributed by atoms with Gasteiger partial charge in [-0.1, -0.05) is 0 Å². The normalized spacial score (nSPS) is 19.4. The Bertz CT molecular complexity index is 1120. The minimum Gasteiger partial charge on any atom is -0.459 e. The molecule has 0 spiro atoms. The van der Waals surface area contributed by atoms with Crippen molar-refractivity contribution >= 4 is 26.0 Å². The Morgan fingerprint density at radius 3 is 1.74 bits per heavy atom. The monoisotopic (exact) mass is 469 g/mol. The molecule has 31 heavy (non-hydrogen) atoms. The van der Waals surface area contributed by atoms with Crippen LogP contribution < -0.4 is 0 Å². The highest BCUT2D eigenvalue weighted by molar-refractivity contribution is 7.89. The molecule has 10 nitrogen and oxygen atoms in total. The van der Waals surface area contributed by atoms with E-state index in [2.05, 4.69) is 0 Å². The first-order valence-electron chi connectivity index (χ1n) is 9.81. The summed E-state index contributed by atoms with van der Waals surface area (Å²) in [5.41, 5.74) is 0. The minimum atomic E-state index is -3.81. The van der Waals surface area contributed by atoms with Crippen LogP contribution >= 0.6 is 0 Å². The van der Waals surface area contributed by atoms with Crippen LogP contribution in [0.1, 0.15) is 10.6 Å². The standard InChI is InChI=1S/C19H23N3O7S2/c23-19(18-2-1-13-29-18)20-7-9-21(10-8-20)30(24,25)16-3-5-17(6-4-16)31(26,27)22-11-14-28-15-12-22/h1-6,13H,7-12,14-15H2. The van der Waals surface area contributed by atoms with Gasteiger partial charge in [-0.2, -0.15) is 8.61 Å². The Morgan fingerprint density at radius 1 is 0.742 bits per heavy atom. The maximum atomic E-state index is 13.0. The Labute approximate surface area is 181 Å². The molecule has 3 heterocycles. The summed E-state index contributed by atoms with van der Waals surface area (Å²) in [7, 11) is -7.50. The molecule has 0 unspecified atom stereocenters. The second kappa shape index (κ2) is 8.71. The first kappa shape index (κ1) is 22.0. The molecule has 2 saturated heterocycles. The van der Waals surface area contributed by atoms with Gasteiger partial charge in [-0.15, -0.1) is 0 Å². The average Bonchev–Trinajstić information content (AvgIpc) is 3.34. The van der Waals surface area contributed by atoms with Crippen LogP contribution in [0.2, 0.25) is 0 Å². The van der Waals surface area contributed by atoms with Crippen LogP contribution in [-0.2, 0) is 24.8 Å². The van der Waals surface area contributed by atoms with E-state index in [0.717, 1.165) is 0 Å². The molecule has 4 rings (SSSR count). The van der Waals surface area contributed by atoms with Crippen molar-refractivity contribution in [1.29, 1.82) is 0 Å². The van der Waals surface area contributed by atoms with E-state index in [1.54, 1.807) is 17.0 Å². The van der Waals surface area contributed by atoms with E-state index in [1.165, 1.54) is 39.1 Å². The van der Waals surface area contributed by atoms with E-state index in [4.69, 9.17) is 9.15 Å². The largest absolute Gasteiger partial charge is 0.459 e. The summed E-state index contributed by atoms with van der Waals surface area (Å²) < 4.78 is 64.3. The van der Waals surface area contributed by atoms with Gasteiger partial charge in [-0.25, -0.2) is 16.8 Å². The van der Waals surface area contributed by atoms with Crippen LogP contribution in [0.4, 0.5) is 0 Å². The van der Waals surface area contributed by atoms with Crippen molar-refractivity contribution in [2.75, 3.05) is 52.5 Å². The molecule has 2 fully saturated rings. The van der Waals surface area contributed by atoms with E-state index in [1.807, 2.05) is 0 Å². The number of furan rings is 1. The van der Waals surface area contributed by atoms with Crippen molar-refractivity contribution in [3.05, 3.63) is 48.4 Å². The lowest BCUT2D eigenvalue weighted by atomic mass is 10.3. The highest BCUT2D eigenvalue weighted by atomic mass is 32.2. The molecule has 0 aliphatic carbocycles. The van der Waals surface area contributed by atoms with Gasteiger partial charge in [0.15, 0.2) is 5.76 Å². The van der Waals surface area contributed by atoms with Crippen molar-refractivity contribution in [3.8, 4) is 0 Å². The second-order valence-electron chi connectivity index (χ2n) is 7.16. The number of amides is 1. The molecule has 168 valence electrons. The summed E-state index contributed by atoms with van der Waals surface area (Å²) >= 11 is 0. The minimum absolute atomic E-state index is 0.0132. The fourth-order valence-corrected chi connectivity index (χ4v) is 6.39. The van der Waals surface area contributed by atoms with E-state index in [9.17, 15) is 21.6 Å². The number of carbonyl (C=O) groups excluding carboxylic acids is 1. The molecule has 0 N–H and O–H groups in total. The summed E-state index contributed by atoms with van der Waals surface area (Å²) in [6, 6.07) is 8.43. The molecule has 12 heteroatoms. The van der Waals surface area contributed by atoms with E-state index < -0.39 is 20.0 Å². The number of sulfonamides is 2.